The van der Waals surface area contributed by atoms with Crippen molar-refractivity contribution in [1.29, 1.82) is 0 Å². The van der Waals surface area contributed by atoms with Crippen LogP contribution in [0, 0.1) is 6.92 Å². The Morgan fingerprint density at radius 3 is 2.52 bits per heavy atom. The van der Waals surface area contributed by atoms with Crippen LogP contribution in [-0.2, 0) is 14.8 Å². The summed E-state index contributed by atoms with van der Waals surface area (Å²) in [5.74, 6) is -1.78. The first kappa shape index (κ1) is 17.5. The van der Waals surface area contributed by atoms with Gasteiger partial charge in [0, 0.05) is 26.7 Å². The van der Waals surface area contributed by atoms with Crippen LogP contribution in [0.2, 0.25) is 0 Å². The zero-order valence-corrected chi connectivity index (χ0v) is 14.3. The van der Waals surface area contributed by atoms with Crippen molar-refractivity contribution in [3.63, 3.8) is 0 Å². The standard InChI is InChI=1S/C14H20N2O6S/c1-9-11(23(20,21)15(3)4)8-10(22-9)12(17)16-7-5-6-14(16,2)13(18)19/h8H,5-7H2,1-4H3,(H,18,19). The summed E-state index contributed by atoms with van der Waals surface area (Å²) in [5.41, 5.74) is -1.31. The highest BCUT2D eigenvalue weighted by Crippen LogP contribution is 2.32. The van der Waals surface area contributed by atoms with Crippen LogP contribution in [0.1, 0.15) is 36.1 Å². The lowest BCUT2D eigenvalue weighted by Crippen LogP contribution is -2.50. The Morgan fingerprint density at radius 1 is 1.39 bits per heavy atom. The fraction of sp³-hybridized carbons (Fsp3) is 0.571. The maximum Gasteiger partial charge on any atom is 0.329 e. The quantitative estimate of drug-likeness (QED) is 0.870. The summed E-state index contributed by atoms with van der Waals surface area (Å²) >= 11 is 0. The van der Waals surface area contributed by atoms with Crippen LogP contribution in [-0.4, -0.2) is 60.8 Å². The predicted molar refractivity (Wildman–Crippen MR) is 80.6 cm³/mol. The molecule has 1 aromatic heterocycles. The number of sulfonamides is 1. The van der Waals surface area contributed by atoms with Crippen molar-refractivity contribution in [2.24, 2.45) is 0 Å². The summed E-state index contributed by atoms with van der Waals surface area (Å²) in [6.45, 7) is 3.22. The average molecular weight is 344 g/mol. The Hall–Kier alpha value is -1.87. The number of carboxylic acid groups (broad SMARTS) is 1. The molecule has 1 saturated heterocycles. The van der Waals surface area contributed by atoms with Gasteiger partial charge in [0.1, 0.15) is 16.2 Å². The lowest BCUT2D eigenvalue weighted by Gasteiger charge is -2.30. The minimum absolute atomic E-state index is 0.0953. The van der Waals surface area contributed by atoms with Crippen LogP contribution in [0.15, 0.2) is 15.4 Å². The zero-order chi connectivity index (χ0) is 17.6. The molecular formula is C14H20N2O6S. The molecule has 2 rings (SSSR count). The lowest BCUT2D eigenvalue weighted by atomic mass is 9.99. The number of carbonyl (C=O) groups excluding carboxylic acids is 1. The largest absolute Gasteiger partial charge is 0.480 e. The summed E-state index contributed by atoms with van der Waals surface area (Å²) in [7, 11) is -0.976. The van der Waals surface area contributed by atoms with E-state index in [1.54, 1.807) is 0 Å². The predicted octanol–water partition coefficient (Wildman–Crippen LogP) is 0.918. The Morgan fingerprint density at radius 2 is 2.00 bits per heavy atom. The summed E-state index contributed by atoms with van der Waals surface area (Å²) in [5, 5.41) is 9.37. The van der Waals surface area contributed by atoms with Crippen molar-refractivity contribution < 1.29 is 27.5 Å². The van der Waals surface area contributed by atoms with Crippen molar-refractivity contribution in [3.8, 4) is 0 Å². The Kier molecular flexibility index (Phi) is 4.29. The molecule has 1 atom stereocenters. The third-order valence-corrected chi connectivity index (χ3v) is 6.11. The molecule has 128 valence electrons. The van der Waals surface area contributed by atoms with Crippen LogP contribution < -0.4 is 0 Å². The molecule has 0 saturated carbocycles. The molecule has 8 nitrogen and oxygen atoms in total. The molecule has 1 aromatic rings. The molecule has 9 heteroatoms. The minimum Gasteiger partial charge on any atom is -0.480 e. The minimum atomic E-state index is -3.74. The van der Waals surface area contributed by atoms with Gasteiger partial charge in [-0.2, -0.15) is 0 Å². The van der Waals surface area contributed by atoms with E-state index in [1.807, 2.05) is 0 Å². The number of carboxylic acids is 1. The molecule has 1 aliphatic heterocycles. The van der Waals surface area contributed by atoms with Gasteiger partial charge in [0.25, 0.3) is 5.91 Å². The van der Waals surface area contributed by atoms with Crippen molar-refractivity contribution in [3.05, 3.63) is 17.6 Å². The van der Waals surface area contributed by atoms with Gasteiger partial charge in [-0.05, 0) is 26.7 Å². The van der Waals surface area contributed by atoms with Crippen molar-refractivity contribution in [1.82, 2.24) is 9.21 Å². The third kappa shape index (κ3) is 2.74. The van der Waals surface area contributed by atoms with Gasteiger partial charge in [0.2, 0.25) is 10.0 Å². The van der Waals surface area contributed by atoms with Crippen LogP contribution in [0.4, 0.5) is 0 Å². The van der Waals surface area contributed by atoms with Crippen LogP contribution in [0.5, 0.6) is 0 Å². The third-order valence-electron chi connectivity index (χ3n) is 4.19. The number of hydrogen-bond donors (Lipinski definition) is 1. The van der Waals surface area contributed by atoms with E-state index in [0.717, 1.165) is 10.4 Å². The first-order valence-corrected chi connectivity index (χ1v) is 8.54. The van der Waals surface area contributed by atoms with E-state index in [4.69, 9.17) is 4.42 Å². The molecule has 0 bridgehead atoms. The molecule has 1 N–H and O–H groups in total. The molecule has 0 aliphatic carbocycles. The van der Waals surface area contributed by atoms with E-state index >= 15 is 0 Å². The molecule has 0 radical (unpaired) electrons. The van der Waals surface area contributed by atoms with Crippen molar-refractivity contribution >= 4 is 21.9 Å². The number of aliphatic carboxylic acids is 1. The maximum atomic E-state index is 12.6. The molecule has 2 heterocycles. The number of rotatable bonds is 4. The summed E-state index contributed by atoms with van der Waals surface area (Å²) < 4.78 is 30.7. The number of nitrogens with zero attached hydrogens (tertiary/aromatic N) is 2. The molecule has 1 amide bonds. The molecule has 1 fully saturated rings. The molecule has 0 spiro atoms. The van der Waals surface area contributed by atoms with E-state index in [-0.39, 0.29) is 23.0 Å². The number of likely N-dealkylation sites (tertiary alicyclic amines) is 1. The smallest absolute Gasteiger partial charge is 0.329 e. The van der Waals surface area contributed by atoms with Gasteiger partial charge in [-0.1, -0.05) is 0 Å². The van der Waals surface area contributed by atoms with Gasteiger partial charge >= 0.3 is 5.97 Å². The second-order valence-electron chi connectivity index (χ2n) is 5.96. The molecule has 1 unspecified atom stereocenters. The summed E-state index contributed by atoms with van der Waals surface area (Å²) in [4.78, 5) is 25.2. The van der Waals surface area contributed by atoms with E-state index in [0.29, 0.717) is 12.8 Å². The fourth-order valence-electron chi connectivity index (χ4n) is 2.67. The number of amides is 1. The highest BCUT2D eigenvalue weighted by atomic mass is 32.2. The summed E-state index contributed by atoms with van der Waals surface area (Å²) in [6.07, 6.45) is 0.910. The second-order valence-corrected chi connectivity index (χ2v) is 8.08. The molecule has 0 aromatic carbocycles. The van der Waals surface area contributed by atoms with E-state index in [2.05, 4.69) is 0 Å². The number of hydrogen-bond acceptors (Lipinski definition) is 5. The number of carbonyl (C=O) groups is 2. The first-order valence-electron chi connectivity index (χ1n) is 7.10. The van der Waals surface area contributed by atoms with Gasteiger partial charge in [0.15, 0.2) is 5.76 Å². The fourth-order valence-corrected chi connectivity index (χ4v) is 3.72. The monoisotopic (exact) mass is 344 g/mol. The molecular weight excluding hydrogens is 324 g/mol. The van der Waals surface area contributed by atoms with Crippen LogP contribution in [0.25, 0.3) is 0 Å². The highest BCUT2D eigenvalue weighted by molar-refractivity contribution is 7.89. The van der Waals surface area contributed by atoms with E-state index in [9.17, 15) is 23.1 Å². The number of furan rings is 1. The topological polar surface area (TPSA) is 108 Å². The lowest BCUT2D eigenvalue weighted by molar-refractivity contribution is -0.147. The molecule has 1 aliphatic rings. The van der Waals surface area contributed by atoms with Crippen LogP contribution in [0.3, 0.4) is 0 Å². The van der Waals surface area contributed by atoms with Crippen LogP contribution >= 0.6 is 0 Å². The Labute approximate surface area is 134 Å². The first-order chi connectivity index (χ1) is 10.5. The van der Waals surface area contributed by atoms with Gasteiger partial charge in [-0.3, -0.25) is 4.79 Å². The van der Waals surface area contributed by atoms with Gasteiger partial charge in [-0.25, -0.2) is 17.5 Å². The average Bonchev–Trinajstić information content (AvgIpc) is 3.02. The Balaban J connectivity index is 2.41. The van der Waals surface area contributed by atoms with Gasteiger partial charge < -0.3 is 14.4 Å². The second kappa shape index (κ2) is 5.64. The highest BCUT2D eigenvalue weighted by Gasteiger charge is 2.47. The van der Waals surface area contributed by atoms with Crippen molar-refractivity contribution in [2.45, 2.75) is 37.1 Å². The van der Waals surface area contributed by atoms with E-state index in [1.165, 1.54) is 32.8 Å². The zero-order valence-electron chi connectivity index (χ0n) is 13.5. The van der Waals surface area contributed by atoms with Crippen molar-refractivity contribution in [2.75, 3.05) is 20.6 Å². The maximum absolute atomic E-state index is 12.6. The molecule has 23 heavy (non-hydrogen) atoms. The summed E-state index contributed by atoms with van der Waals surface area (Å²) in [6, 6.07) is 1.16. The van der Waals surface area contributed by atoms with E-state index < -0.39 is 27.4 Å². The normalized spacial score (nSPS) is 21.9. The van der Waals surface area contributed by atoms with Gasteiger partial charge in [0.05, 0.1) is 0 Å². The van der Waals surface area contributed by atoms with Gasteiger partial charge in [-0.15, -0.1) is 0 Å². The SMILES string of the molecule is Cc1oc(C(=O)N2CCCC2(C)C(=O)O)cc1S(=O)(=O)N(C)C. The number of aryl methyl sites for hydroxylation is 1. The Bertz CT molecular complexity index is 751.